The highest BCUT2D eigenvalue weighted by Gasteiger charge is 2.43. The Balaban J connectivity index is 1.54. The SMILES string of the molecule is Cc1cccc(CN2CCC3(C)c4cc(O)ccc4CCC3C2)c1. The highest BCUT2D eigenvalue weighted by atomic mass is 16.3. The number of benzene rings is 2. The smallest absolute Gasteiger partial charge is 0.115 e. The number of phenolic OH excluding ortho intramolecular Hbond substituents is 1. The standard InChI is InChI=1S/C22H27NO/c1-16-4-3-5-17(12-16)14-23-11-10-22(2)19(15-23)8-6-18-7-9-20(24)13-21(18)22/h3-5,7,9,12-13,19,24H,6,8,10-11,14-15H2,1-2H3. The van der Waals surface area contributed by atoms with Crippen LogP contribution in [-0.4, -0.2) is 23.1 Å². The maximum atomic E-state index is 9.96. The lowest BCUT2D eigenvalue weighted by Crippen LogP contribution is -2.50. The summed E-state index contributed by atoms with van der Waals surface area (Å²) in [5.41, 5.74) is 5.83. The number of aromatic hydroxyl groups is 1. The van der Waals surface area contributed by atoms with Crippen LogP contribution < -0.4 is 0 Å². The predicted octanol–water partition coefficient (Wildman–Crippen LogP) is 4.43. The lowest BCUT2D eigenvalue weighted by Gasteiger charge is -2.50. The molecular weight excluding hydrogens is 294 g/mol. The molecule has 0 saturated carbocycles. The van der Waals surface area contributed by atoms with E-state index in [4.69, 9.17) is 0 Å². The molecule has 0 radical (unpaired) electrons. The molecule has 126 valence electrons. The van der Waals surface area contributed by atoms with E-state index >= 15 is 0 Å². The molecule has 2 unspecified atom stereocenters. The van der Waals surface area contributed by atoms with Crippen molar-refractivity contribution < 1.29 is 5.11 Å². The molecule has 1 aliphatic carbocycles. The van der Waals surface area contributed by atoms with Crippen LogP contribution in [0, 0.1) is 12.8 Å². The lowest BCUT2D eigenvalue weighted by molar-refractivity contribution is 0.0821. The van der Waals surface area contributed by atoms with E-state index < -0.39 is 0 Å². The molecule has 2 heteroatoms. The number of phenols is 1. The highest BCUT2D eigenvalue weighted by molar-refractivity contribution is 5.42. The predicted molar refractivity (Wildman–Crippen MR) is 98.3 cm³/mol. The summed E-state index contributed by atoms with van der Waals surface area (Å²) in [6.07, 6.45) is 3.59. The van der Waals surface area contributed by atoms with E-state index in [2.05, 4.69) is 49.1 Å². The van der Waals surface area contributed by atoms with Crippen LogP contribution in [0.15, 0.2) is 42.5 Å². The number of likely N-dealkylation sites (tertiary alicyclic amines) is 1. The second kappa shape index (κ2) is 5.93. The van der Waals surface area contributed by atoms with Crippen LogP contribution in [0.1, 0.15) is 42.0 Å². The van der Waals surface area contributed by atoms with Crippen LogP contribution in [0.25, 0.3) is 0 Å². The third kappa shape index (κ3) is 2.73. The molecule has 0 spiro atoms. The molecule has 1 fully saturated rings. The van der Waals surface area contributed by atoms with Gasteiger partial charge in [-0.3, -0.25) is 4.90 Å². The molecular formula is C22H27NO. The van der Waals surface area contributed by atoms with Crippen LogP contribution in [0.3, 0.4) is 0 Å². The van der Waals surface area contributed by atoms with Crippen molar-refractivity contribution in [1.29, 1.82) is 0 Å². The maximum absolute atomic E-state index is 9.96. The molecule has 1 N–H and O–H groups in total. The first-order chi connectivity index (χ1) is 11.5. The van der Waals surface area contributed by atoms with Gasteiger partial charge >= 0.3 is 0 Å². The quantitative estimate of drug-likeness (QED) is 0.884. The summed E-state index contributed by atoms with van der Waals surface area (Å²) in [6, 6.07) is 14.9. The minimum absolute atomic E-state index is 0.218. The van der Waals surface area contributed by atoms with Crippen molar-refractivity contribution in [3.63, 3.8) is 0 Å². The fourth-order valence-electron chi connectivity index (χ4n) is 4.82. The Kier molecular flexibility index (Phi) is 3.88. The Bertz CT molecular complexity index is 753. The zero-order valence-electron chi connectivity index (χ0n) is 14.8. The third-order valence-electron chi connectivity index (χ3n) is 6.29. The number of aryl methyl sites for hydroxylation is 2. The number of rotatable bonds is 2. The largest absolute Gasteiger partial charge is 0.508 e. The first-order valence-electron chi connectivity index (χ1n) is 9.15. The van der Waals surface area contributed by atoms with Gasteiger partial charge in [-0.25, -0.2) is 0 Å². The van der Waals surface area contributed by atoms with E-state index in [9.17, 15) is 5.11 Å². The number of piperidine rings is 1. The van der Waals surface area contributed by atoms with Crippen LogP contribution in [0.4, 0.5) is 0 Å². The van der Waals surface area contributed by atoms with Gasteiger partial charge in [0.15, 0.2) is 0 Å². The highest BCUT2D eigenvalue weighted by Crippen LogP contribution is 2.47. The van der Waals surface area contributed by atoms with Gasteiger partial charge in [-0.1, -0.05) is 42.8 Å². The zero-order chi connectivity index (χ0) is 16.7. The van der Waals surface area contributed by atoms with Crippen molar-refractivity contribution in [1.82, 2.24) is 4.90 Å². The first-order valence-corrected chi connectivity index (χ1v) is 9.15. The van der Waals surface area contributed by atoms with Crippen molar-refractivity contribution >= 4 is 0 Å². The molecule has 2 aromatic carbocycles. The summed E-state index contributed by atoms with van der Waals surface area (Å²) in [5, 5.41) is 9.96. The minimum Gasteiger partial charge on any atom is -0.508 e. The van der Waals surface area contributed by atoms with Gasteiger partial charge in [0.25, 0.3) is 0 Å². The summed E-state index contributed by atoms with van der Waals surface area (Å²) < 4.78 is 0. The lowest BCUT2D eigenvalue weighted by atomic mass is 9.61. The Hall–Kier alpha value is -1.80. The summed E-state index contributed by atoms with van der Waals surface area (Å²) >= 11 is 0. The van der Waals surface area contributed by atoms with Crippen LogP contribution in [0.5, 0.6) is 5.75 Å². The summed E-state index contributed by atoms with van der Waals surface area (Å²) in [4.78, 5) is 2.62. The number of hydrogen-bond acceptors (Lipinski definition) is 2. The van der Waals surface area contributed by atoms with Gasteiger partial charge in [-0.15, -0.1) is 0 Å². The second-order valence-electron chi connectivity index (χ2n) is 7.97. The molecule has 24 heavy (non-hydrogen) atoms. The van der Waals surface area contributed by atoms with Gasteiger partial charge < -0.3 is 5.11 Å². The monoisotopic (exact) mass is 321 g/mol. The molecule has 0 amide bonds. The Morgan fingerprint density at radius 2 is 2.08 bits per heavy atom. The zero-order valence-corrected chi connectivity index (χ0v) is 14.8. The molecule has 2 aromatic rings. The maximum Gasteiger partial charge on any atom is 0.115 e. The molecule has 1 aliphatic heterocycles. The summed E-state index contributed by atoms with van der Waals surface area (Å²) in [5.74, 6) is 1.10. The van der Waals surface area contributed by atoms with E-state index in [0.717, 1.165) is 19.5 Å². The first kappa shape index (κ1) is 15.7. The van der Waals surface area contributed by atoms with Crippen molar-refractivity contribution in [2.45, 2.75) is 45.1 Å². The molecule has 1 saturated heterocycles. The molecule has 0 aromatic heterocycles. The van der Waals surface area contributed by atoms with Gasteiger partial charge in [0, 0.05) is 13.1 Å². The molecule has 0 bridgehead atoms. The van der Waals surface area contributed by atoms with Gasteiger partial charge in [0.2, 0.25) is 0 Å². The van der Waals surface area contributed by atoms with Gasteiger partial charge in [0.05, 0.1) is 0 Å². The third-order valence-corrected chi connectivity index (χ3v) is 6.29. The normalized spacial score (nSPS) is 26.7. The van der Waals surface area contributed by atoms with Crippen LogP contribution >= 0.6 is 0 Å². The number of fused-ring (bicyclic) bond motifs is 3. The molecule has 2 aliphatic rings. The van der Waals surface area contributed by atoms with E-state index in [1.165, 1.54) is 41.6 Å². The van der Waals surface area contributed by atoms with E-state index in [0.29, 0.717) is 11.7 Å². The van der Waals surface area contributed by atoms with E-state index in [1.54, 1.807) is 0 Å². The van der Waals surface area contributed by atoms with Crippen LogP contribution in [0.2, 0.25) is 0 Å². The Morgan fingerprint density at radius 1 is 1.21 bits per heavy atom. The molecule has 4 rings (SSSR count). The Morgan fingerprint density at radius 3 is 2.92 bits per heavy atom. The fourth-order valence-corrected chi connectivity index (χ4v) is 4.82. The summed E-state index contributed by atoms with van der Waals surface area (Å²) in [7, 11) is 0. The average molecular weight is 321 g/mol. The second-order valence-corrected chi connectivity index (χ2v) is 7.97. The van der Waals surface area contributed by atoms with Gasteiger partial charge in [0.1, 0.15) is 5.75 Å². The summed E-state index contributed by atoms with van der Waals surface area (Å²) in [6.45, 7) is 7.94. The van der Waals surface area contributed by atoms with Crippen molar-refractivity contribution in [3.8, 4) is 5.75 Å². The van der Waals surface area contributed by atoms with Gasteiger partial charge in [-0.05, 0) is 72.9 Å². The number of hydrogen-bond donors (Lipinski definition) is 1. The van der Waals surface area contributed by atoms with Crippen molar-refractivity contribution in [2.24, 2.45) is 5.92 Å². The number of nitrogens with zero attached hydrogens (tertiary/aromatic N) is 1. The topological polar surface area (TPSA) is 23.5 Å². The van der Waals surface area contributed by atoms with E-state index in [1.807, 2.05) is 12.1 Å². The minimum atomic E-state index is 0.218. The van der Waals surface area contributed by atoms with Gasteiger partial charge in [-0.2, -0.15) is 0 Å². The fraction of sp³-hybridized carbons (Fsp3) is 0.455. The molecule has 2 atom stereocenters. The molecule has 2 nitrogen and oxygen atoms in total. The molecule has 1 heterocycles. The van der Waals surface area contributed by atoms with Crippen molar-refractivity contribution in [3.05, 3.63) is 64.7 Å². The van der Waals surface area contributed by atoms with Crippen LogP contribution in [-0.2, 0) is 18.4 Å². The Labute approximate surface area is 145 Å². The average Bonchev–Trinajstić information content (AvgIpc) is 2.56. The van der Waals surface area contributed by atoms with E-state index in [-0.39, 0.29) is 5.41 Å². The van der Waals surface area contributed by atoms with Crippen molar-refractivity contribution in [2.75, 3.05) is 13.1 Å².